The van der Waals surface area contributed by atoms with Crippen LogP contribution in [0.15, 0.2) is 91.0 Å². The Labute approximate surface area is 137 Å². The molecule has 0 fully saturated rings. The molecule has 0 amide bonds. The van der Waals surface area contributed by atoms with Crippen molar-refractivity contribution in [3.8, 4) is 11.5 Å². The van der Waals surface area contributed by atoms with Gasteiger partial charge in [-0.05, 0) is 29.8 Å². The van der Waals surface area contributed by atoms with Gasteiger partial charge in [-0.25, -0.2) is 4.21 Å². The van der Waals surface area contributed by atoms with Crippen LogP contribution in [0.25, 0.3) is 0 Å². The smallest absolute Gasteiger partial charge is 0.152 e. The van der Waals surface area contributed by atoms with Crippen LogP contribution in [0.2, 0.25) is 0 Å². The first-order chi connectivity index (χ1) is 11.2. The van der Waals surface area contributed by atoms with Gasteiger partial charge in [0, 0.05) is 0 Å². The van der Waals surface area contributed by atoms with Gasteiger partial charge in [0.25, 0.3) is 0 Å². The Hall–Kier alpha value is -2.59. The number of benzene rings is 3. The predicted octanol–water partition coefficient (Wildman–Crippen LogP) is 4.19. The minimum Gasteiger partial charge on any atom is -0.398 e. The van der Waals surface area contributed by atoms with Crippen LogP contribution >= 0.6 is 0 Å². The molecule has 0 bridgehead atoms. The molecule has 0 atom stereocenters. The highest BCUT2D eigenvalue weighted by atomic mass is 32.3. The third-order valence-corrected chi connectivity index (χ3v) is 4.92. The van der Waals surface area contributed by atoms with Gasteiger partial charge in [0.1, 0.15) is 11.5 Å². The van der Waals surface area contributed by atoms with Crippen molar-refractivity contribution in [1.29, 1.82) is 0 Å². The first kappa shape index (κ1) is 15.3. The van der Waals surface area contributed by atoms with E-state index in [1.54, 1.807) is 24.3 Å². The van der Waals surface area contributed by atoms with Crippen molar-refractivity contribution in [3.63, 3.8) is 0 Å². The van der Waals surface area contributed by atoms with Crippen molar-refractivity contribution >= 4 is 10.5 Å². The van der Waals surface area contributed by atoms with E-state index in [0.717, 1.165) is 5.56 Å². The molecular formula is C19H18O3S. The van der Waals surface area contributed by atoms with Crippen molar-refractivity contribution in [2.75, 3.05) is 0 Å². The number of rotatable bonds is 6. The SMILES string of the molecule is O=[SH](Cc1ccccc1)(Oc1ccccc1)Oc1ccccc1. The van der Waals surface area contributed by atoms with Crippen LogP contribution in [0.3, 0.4) is 0 Å². The molecule has 3 aromatic rings. The second kappa shape index (κ2) is 7.11. The number of thiol groups is 1. The molecule has 0 aliphatic heterocycles. The number of hydrogen-bond acceptors (Lipinski definition) is 3. The largest absolute Gasteiger partial charge is 0.398 e. The van der Waals surface area contributed by atoms with Gasteiger partial charge < -0.3 is 8.37 Å². The quantitative estimate of drug-likeness (QED) is 0.690. The molecule has 0 heterocycles. The monoisotopic (exact) mass is 326 g/mol. The third kappa shape index (κ3) is 4.44. The predicted molar refractivity (Wildman–Crippen MR) is 93.8 cm³/mol. The number of hydrogen-bond donors (Lipinski definition) is 1. The second-order valence-corrected chi connectivity index (χ2v) is 6.97. The van der Waals surface area contributed by atoms with Gasteiger partial charge in [-0.3, -0.25) is 0 Å². The van der Waals surface area contributed by atoms with Crippen LogP contribution in [0.1, 0.15) is 5.56 Å². The maximum Gasteiger partial charge on any atom is 0.152 e. The van der Waals surface area contributed by atoms with Gasteiger partial charge in [-0.2, -0.15) is 0 Å². The lowest BCUT2D eigenvalue weighted by Crippen LogP contribution is -2.28. The molecular weight excluding hydrogens is 308 g/mol. The average Bonchev–Trinajstić information content (AvgIpc) is 2.57. The van der Waals surface area contributed by atoms with E-state index in [2.05, 4.69) is 0 Å². The van der Waals surface area contributed by atoms with Crippen LogP contribution in [0.5, 0.6) is 11.5 Å². The highest BCUT2D eigenvalue weighted by molar-refractivity contribution is 7.94. The Morgan fingerprint density at radius 3 is 1.43 bits per heavy atom. The maximum absolute atomic E-state index is 13.3. The summed E-state index contributed by atoms with van der Waals surface area (Å²) in [5.74, 6) is 1.27. The van der Waals surface area contributed by atoms with Crippen LogP contribution in [0, 0.1) is 0 Å². The van der Waals surface area contributed by atoms with E-state index >= 15 is 0 Å². The van der Waals surface area contributed by atoms with Gasteiger partial charge in [0.05, 0.1) is 5.75 Å². The zero-order valence-corrected chi connectivity index (χ0v) is 13.4. The van der Waals surface area contributed by atoms with Crippen molar-refractivity contribution in [3.05, 3.63) is 96.6 Å². The molecule has 3 aromatic carbocycles. The van der Waals surface area contributed by atoms with Crippen molar-refractivity contribution in [2.45, 2.75) is 5.75 Å². The first-order valence-corrected chi connectivity index (χ1v) is 9.09. The molecule has 0 radical (unpaired) electrons. The molecule has 118 valence electrons. The molecule has 0 saturated heterocycles. The van der Waals surface area contributed by atoms with E-state index < -0.39 is 10.5 Å². The molecule has 0 aromatic heterocycles. The molecule has 0 saturated carbocycles. The molecule has 0 N–H and O–H groups in total. The molecule has 0 aliphatic carbocycles. The molecule has 3 nitrogen and oxygen atoms in total. The summed E-state index contributed by atoms with van der Waals surface area (Å²) in [4.78, 5) is 0. The molecule has 23 heavy (non-hydrogen) atoms. The summed E-state index contributed by atoms with van der Waals surface area (Å²) in [6.45, 7) is 0. The fourth-order valence-electron chi connectivity index (χ4n) is 2.17. The van der Waals surface area contributed by atoms with Crippen LogP contribution in [-0.4, -0.2) is 4.21 Å². The van der Waals surface area contributed by atoms with E-state index in [9.17, 15) is 4.21 Å². The Morgan fingerprint density at radius 2 is 1.00 bits per heavy atom. The van der Waals surface area contributed by atoms with E-state index in [1.807, 2.05) is 66.7 Å². The van der Waals surface area contributed by atoms with E-state index in [0.29, 0.717) is 11.5 Å². The minimum absolute atomic E-state index is 0.206. The summed E-state index contributed by atoms with van der Waals surface area (Å²) in [5, 5.41) is 0. The zero-order chi connectivity index (χ0) is 16.0. The summed E-state index contributed by atoms with van der Waals surface area (Å²) >= 11 is 0. The summed E-state index contributed by atoms with van der Waals surface area (Å²) in [6.07, 6.45) is 0. The second-order valence-electron chi connectivity index (χ2n) is 5.06. The van der Waals surface area contributed by atoms with Gasteiger partial charge in [0.2, 0.25) is 0 Å². The highest BCUT2D eigenvalue weighted by Gasteiger charge is 2.19. The first-order valence-electron chi connectivity index (χ1n) is 7.36. The molecule has 4 heteroatoms. The minimum atomic E-state index is -3.39. The Morgan fingerprint density at radius 1 is 0.609 bits per heavy atom. The van der Waals surface area contributed by atoms with Crippen LogP contribution in [-0.2, 0) is 16.2 Å². The highest BCUT2D eigenvalue weighted by Crippen LogP contribution is 2.24. The van der Waals surface area contributed by atoms with Crippen molar-refractivity contribution < 1.29 is 12.6 Å². The zero-order valence-electron chi connectivity index (χ0n) is 12.5. The maximum atomic E-state index is 13.3. The Bertz CT molecular complexity index is 665. The lowest BCUT2D eigenvalue weighted by atomic mass is 10.2. The van der Waals surface area contributed by atoms with E-state index in [4.69, 9.17) is 8.37 Å². The van der Waals surface area contributed by atoms with E-state index in [-0.39, 0.29) is 5.75 Å². The molecule has 0 unspecified atom stereocenters. The molecule has 0 aliphatic rings. The molecule has 3 rings (SSSR count). The van der Waals surface area contributed by atoms with Gasteiger partial charge in [0.15, 0.2) is 10.5 Å². The number of para-hydroxylation sites is 2. The normalized spacial score (nSPS) is 11.7. The van der Waals surface area contributed by atoms with Crippen molar-refractivity contribution in [1.82, 2.24) is 0 Å². The lowest BCUT2D eigenvalue weighted by Gasteiger charge is -2.26. The molecule has 0 spiro atoms. The van der Waals surface area contributed by atoms with Crippen molar-refractivity contribution in [2.24, 2.45) is 0 Å². The average molecular weight is 326 g/mol. The third-order valence-electron chi connectivity index (χ3n) is 3.19. The van der Waals surface area contributed by atoms with Gasteiger partial charge in [-0.1, -0.05) is 66.7 Å². The van der Waals surface area contributed by atoms with Gasteiger partial charge >= 0.3 is 0 Å². The Balaban J connectivity index is 1.87. The van der Waals surface area contributed by atoms with Crippen LogP contribution < -0.4 is 8.37 Å². The fraction of sp³-hybridized carbons (Fsp3) is 0.0526. The Kier molecular flexibility index (Phi) is 4.74. The lowest BCUT2D eigenvalue weighted by molar-refractivity contribution is 0.433. The topological polar surface area (TPSA) is 35.5 Å². The summed E-state index contributed by atoms with van der Waals surface area (Å²) in [6, 6.07) is 27.8. The summed E-state index contributed by atoms with van der Waals surface area (Å²) < 4.78 is 24.8. The fourth-order valence-corrected chi connectivity index (χ4v) is 3.88. The standard InChI is InChI=1S/C19H18O3S/c20-23(16-17-10-4-1-5-11-17,21-18-12-6-2-7-13-18)22-19-14-8-3-9-15-19/h1-15,23H,16H2. The summed E-state index contributed by atoms with van der Waals surface area (Å²) in [5.41, 5.74) is 0.905. The van der Waals surface area contributed by atoms with E-state index in [1.165, 1.54) is 0 Å². The van der Waals surface area contributed by atoms with Gasteiger partial charge in [-0.15, -0.1) is 0 Å². The van der Waals surface area contributed by atoms with Crippen LogP contribution in [0.4, 0.5) is 0 Å². The summed E-state index contributed by atoms with van der Waals surface area (Å²) in [7, 11) is -3.39.